The average molecular weight is 148 g/mol. The Bertz CT molecular complexity index is 168. The van der Waals surface area contributed by atoms with E-state index in [1.54, 1.807) is 0 Å². The summed E-state index contributed by atoms with van der Waals surface area (Å²) in [6.07, 6.45) is 17.4. The molecule has 0 spiro atoms. The molecule has 0 aliphatic rings. The number of allylic oxidation sites excluding steroid dienone is 8. The third-order valence-corrected chi connectivity index (χ3v) is 1.12. The highest BCUT2D eigenvalue weighted by Gasteiger charge is 1.62. The minimum atomic E-state index is 1.10. The monoisotopic (exact) mass is 148 g/mol. The van der Waals surface area contributed by atoms with Crippen molar-refractivity contribution in [2.24, 2.45) is 0 Å². The summed E-state index contributed by atoms with van der Waals surface area (Å²) < 4.78 is 0. The molecule has 0 amide bonds. The van der Waals surface area contributed by atoms with Crippen molar-refractivity contribution in [2.45, 2.75) is 20.3 Å². The second kappa shape index (κ2) is 8.96. The molecule has 0 N–H and O–H groups in total. The zero-order chi connectivity index (χ0) is 8.36. The Morgan fingerprint density at radius 2 is 1.36 bits per heavy atom. The average Bonchev–Trinajstić information content (AvgIpc) is 2.03. The Balaban J connectivity index is 3.51. The second-order valence-electron chi connectivity index (χ2n) is 2.13. The van der Waals surface area contributed by atoms with E-state index in [1.165, 1.54) is 0 Å². The van der Waals surface area contributed by atoms with Gasteiger partial charge in [-0.15, -0.1) is 0 Å². The molecule has 0 fully saturated rings. The zero-order valence-corrected chi connectivity index (χ0v) is 7.33. The molecule has 60 valence electrons. The molecule has 0 aromatic carbocycles. The first kappa shape index (κ1) is 9.96. The van der Waals surface area contributed by atoms with E-state index in [-0.39, 0.29) is 0 Å². The van der Waals surface area contributed by atoms with Crippen LogP contribution in [0.5, 0.6) is 0 Å². The highest BCUT2D eigenvalue weighted by Crippen LogP contribution is 1.83. The van der Waals surface area contributed by atoms with Crippen LogP contribution in [0, 0.1) is 0 Å². The summed E-state index contributed by atoms with van der Waals surface area (Å²) in [5, 5.41) is 0. The molecule has 0 atom stereocenters. The summed E-state index contributed by atoms with van der Waals surface area (Å²) in [7, 11) is 0. The molecule has 0 unspecified atom stereocenters. The van der Waals surface area contributed by atoms with Crippen molar-refractivity contribution in [3.8, 4) is 0 Å². The smallest absolute Gasteiger partial charge is 0.0376 e. The van der Waals surface area contributed by atoms with E-state index >= 15 is 0 Å². The molecule has 0 heteroatoms. The third kappa shape index (κ3) is 8.96. The van der Waals surface area contributed by atoms with Crippen LogP contribution in [0.3, 0.4) is 0 Å². The first-order valence-electron chi connectivity index (χ1n) is 4.03. The van der Waals surface area contributed by atoms with Crippen molar-refractivity contribution >= 4 is 0 Å². The molecule has 0 aliphatic carbocycles. The Morgan fingerprint density at radius 3 is 1.91 bits per heavy atom. The van der Waals surface area contributed by atoms with Gasteiger partial charge in [-0.2, -0.15) is 0 Å². The van der Waals surface area contributed by atoms with Gasteiger partial charge in [0.1, 0.15) is 0 Å². The van der Waals surface area contributed by atoms with E-state index < -0.39 is 0 Å². The van der Waals surface area contributed by atoms with Gasteiger partial charge >= 0.3 is 0 Å². The zero-order valence-electron chi connectivity index (χ0n) is 7.33. The van der Waals surface area contributed by atoms with Crippen molar-refractivity contribution in [3.63, 3.8) is 0 Å². The SMILES string of the molecule is C/C=C/C=C/C=C/C=C/CC. The van der Waals surface area contributed by atoms with Crippen LogP contribution in [0.15, 0.2) is 48.6 Å². The van der Waals surface area contributed by atoms with Crippen LogP contribution in [-0.2, 0) is 0 Å². The van der Waals surface area contributed by atoms with Crippen LogP contribution in [0.4, 0.5) is 0 Å². The molecule has 0 aliphatic heterocycles. The van der Waals surface area contributed by atoms with E-state index in [2.05, 4.69) is 19.1 Å². The predicted molar refractivity (Wildman–Crippen MR) is 52.5 cm³/mol. The number of hydrogen-bond donors (Lipinski definition) is 0. The van der Waals surface area contributed by atoms with Gasteiger partial charge in [0.2, 0.25) is 0 Å². The molecule has 0 rings (SSSR count). The Morgan fingerprint density at radius 1 is 0.818 bits per heavy atom. The molecule has 0 saturated heterocycles. The van der Waals surface area contributed by atoms with Gasteiger partial charge in [-0.1, -0.05) is 55.5 Å². The van der Waals surface area contributed by atoms with Crippen molar-refractivity contribution < 1.29 is 0 Å². The Labute approximate surface area is 69.6 Å². The van der Waals surface area contributed by atoms with Crippen LogP contribution < -0.4 is 0 Å². The summed E-state index contributed by atoms with van der Waals surface area (Å²) in [6.45, 7) is 4.13. The van der Waals surface area contributed by atoms with E-state index in [0.29, 0.717) is 0 Å². The van der Waals surface area contributed by atoms with Crippen LogP contribution >= 0.6 is 0 Å². The van der Waals surface area contributed by atoms with Gasteiger partial charge in [0.25, 0.3) is 0 Å². The fourth-order valence-electron chi connectivity index (χ4n) is 0.582. The molecule has 0 saturated carbocycles. The summed E-state index contributed by atoms with van der Waals surface area (Å²) in [4.78, 5) is 0. The molecule has 0 radical (unpaired) electrons. The molecular weight excluding hydrogens is 132 g/mol. The van der Waals surface area contributed by atoms with Crippen LogP contribution in [0.1, 0.15) is 20.3 Å². The van der Waals surface area contributed by atoms with E-state index in [1.807, 2.05) is 43.4 Å². The Kier molecular flexibility index (Phi) is 8.11. The van der Waals surface area contributed by atoms with Crippen molar-refractivity contribution in [1.82, 2.24) is 0 Å². The van der Waals surface area contributed by atoms with Crippen molar-refractivity contribution in [1.29, 1.82) is 0 Å². The topological polar surface area (TPSA) is 0 Å². The van der Waals surface area contributed by atoms with E-state index in [4.69, 9.17) is 0 Å². The molecular formula is C11H16. The maximum atomic E-state index is 2.12. The van der Waals surface area contributed by atoms with Gasteiger partial charge < -0.3 is 0 Å². The molecule has 11 heavy (non-hydrogen) atoms. The maximum absolute atomic E-state index is 2.12. The normalized spacial score (nSPS) is 13.3. The fraction of sp³-hybridized carbons (Fsp3) is 0.273. The minimum Gasteiger partial charge on any atom is -0.0877 e. The largest absolute Gasteiger partial charge is 0.0877 e. The molecule has 0 nitrogen and oxygen atoms in total. The summed E-state index contributed by atoms with van der Waals surface area (Å²) in [5.74, 6) is 0. The highest BCUT2D eigenvalue weighted by atomic mass is 13.7. The summed E-state index contributed by atoms with van der Waals surface area (Å²) in [5.41, 5.74) is 0. The van der Waals surface area contributed by atoms with Gasteiger partial charge in [0, 0.05) is 0 Å². The van der Waals surface area contributed by atoms with E-state index in [9.17, 15) is 0 Å². The standard InChI is InChI=1S/C11H16/c1-3-5-7-9-11-10-8-6-4-2/h3,5-11H,4H2,1-2H3/b5-3+,8-6+,9-7+,11-10+. The molecule has 0 bridgehead atoms. The highest BCUT2D eigenvalue weighted by molar-refractivity contribution is 5.14. The van der Waals surface area contributed by atoms with Crippen LogP contribution in [0.25, 0.3) is 0 Å². The first-order chi connectivity index (χ1) is 5.41. The minimum absolute atomic E-state index is 1.10. The number of hydrogen-bond acceptors (Lipinski definition) is 0. The van der Waals surface area contributed by atoms with Crippen LogP contribution in [0.2, 0.25) is 0 Å². The lowest BCUT2D eigenvalue weighted by molar-refractivity contribution is 1.22. The Hall–Kier alpha value is -1.04. The van der Waals surface area contributed by atoms with Gasteiger partial charge in [-0.3, -0.25) is 0 Å². The van der Waals surface area contributed by atoms with E-state index in [0.717, 1.165) is 6.42 Å². The van der Waals surface area contributed by atoms with Gasteiger partial charge in [0.15, 0.2) is 0 Å². The third-order valence-electron chi connectivity index (χ3n) is 1.12. The lowest BCUT2D eigenvalue weighted by Crippen LogP contribution is -1.52. The van der Waals surface area contributed by atoms with Gasteiger partial charge in [0.05, 0.1) is 0 Å². The van der Waals surface area contributed by atoms with Crippen molar-refractivity contribution in [2.75, 3.05) is 0 Å². The predicted octanol–water partition coefficient (Wildman–Crippen LogP) is 3.64. The second-order valence-corrected chi connectivity index (χ2v) is 2.13. The van der Waals surface area contributed by atoms with Gasteiger partial charge in [-0.25, -0.2) is 0 Å². The fourth-order valence-corrected chi connectivity index (χ4v) is 0.582. The van der Waals surface area contributed by atoms with Crippen LogP contribution in [-0.4, -0.2) is 0 Å². The molecule has 0 aromatic rings. The number of rotatable bonds is 4. The summed E-state index contributed by atoms with van der Waals surface area (Å²) in [6, 6.07) is 0. The summed E-state index contributed by atoms with van der Waals surface area (Å²) >= 11 is 0. The van der Waals surface area contributed by atoms with Crippen molar-refractivity contribution in [3.05, 3.63) is 48.6 Å². The maximum Gasteiger partial charge on any atom is -0.0376 e. The van der Waals surface area contributed by atoms with Gasteiger partial charge in [-0.05, 0) is 13.3 Å². The first-order valence-corrected chi connectivity index (χ1v) is 4.03. The quantitative estimate of drug-likeness (QED) is 0.534. The molecule has 0 aromatic heterocycles. The molecule has 0 heterocycles. The lowest BCUT2D eigenvalue weighted by Gasteiger charge is -1.74. The lowest BCUT2D eigenvalue weighted by atomic mass is 10.3.